The van der Waals surface area contributed by atoms with Gasteiger partial charge < -0.3 is 21.1 Å². The van der Waals surface area contributed by atoms with Crippen LogP contribution in [0.2, 0.25) is 0 Å². The number of hydrogen-bond acceptors (Lipinski definition) is 8. The van der Waals surface area contributed by atoms with Crippen molar-refractivity contribution in [3.05, 3.63) is 40.4 Å². The third-order valence-corrected chi connectivity index (χ3v) is 2.94. The number of rotatable bonds is 8. The van der Waals surface area contributed by atoms with Gasteiger partial charge in [-0.1, -0.05) is 18.2 Å². The maximum Gasteiger partial charge on any atom is 0.353 e. The summed E-state index contributed by atoms with van der Waals surface area (Å²) in [6.07, 6.45) is 0.748. The zero-order valence-electron chi connectivity index (χ0n) is 12.7. The highest BCUT2D eigenvalue weighted by molar-refractivity contribution is 5.74. The molecule has 2 aromatic rings. The average Bonchev–Trinajstić information content (AvgIpc) is 2.52. The van der Waals surface area contributed by atoms with Crippen LogP contribution in [0, 0.1) is 10.1 Å². The van der Waals surface area contributed by atoms with Gasteiger partial charge in [0.05, 0.1) is 4.92 Å². The molecule has 4 N–H and O–H groups in total. The zero-order chi connectivity index (χ0) is 16.7. The van der Waals surface area contributed by atoms with E-state index in [0.29, 0.717) is 18.8 Å². The van der Waals surface area contributed by atoms with Gasteiger partial charge in [0, 0.05) is 25.9 Å². The van der Waals surface area contributed by atoms with Crippen LogP contribution in [0.15, 0.2) is 30.3 Å². The summed E-state index contributed by atoms with van der Waals surface area (Å²) in [6, 6.07) is 9.00. The van der Waals surface area contributed by atoms with E-state index in [1.807, 2.05) is 18.2 Å². The van der Waals surface area contributed by atoms with Gasteiger partial charge in [-0.2, -0.15) is 9.97 Å². The van der Waals surface area contributed by atoms with E-state index < -0.39 is 4.92 Å². The quantitative estimate of drug-likeness (QED) is 0.384. The second-order valence-electron chi connectivity index (χ2n) is 4.65. The van der Waals surface area contributed by atoms with Crippen LogP contribution in [0.4, 0.5) is 29.0 Å². The third-order valence-electron chi connectivity index (χ3n) is 2.94. The molecule has 0 fully saturated rings. The first-order chi connectivity index (χ1) is 11.1. The Balaban J connectivity index is 2.25. The fraction of sp³-hybridized carbons (Fsp3) is 0.286. The van der Waals surface area contributed by atoms with Crippen molar-refractivity contribution >= 4 is 29.0 Å². The number of nitrogens with zero attached hydrogens (tertiary/aromatic N) is 3. The highest BCUT2D eigenvalue weighted by atomic mass is 16.6. The Morgan fingerprint density at radius 3 is 2.70 bits per heavy atom. The lowest BCUT2D eigenvalue weighted by molar-refractivity contribution is -0.383. The largest absolute Gasteiger partial charge is 0.385 e. The summed E-state index contributed by atoms with van der Waals surface area (Å²) in [5, 5.41) is 17.1. The van der Waals surface area contributed by atoms with Gasteiger partial charge in [-0.25, -0.2) is 0 Å². The molecule has 2 rings (SSSR count). The first-order valence-corrected chi connectivity index (χ1v) is 6.98. The van der Waals surface area contributed by atoms with Gasteiger partial charge in [-0.3, -0.25) is 10.1 Å². The van der Waals surface area contributed by atoms with E-state index in [2.05, 4.69) is 20.6 Å². The van der Waals surface area contributed by atoms with Crippen molar-refractivity contribution in [3.63, 3.8) is 0 Å². The van der Waals surface area contributed by atoms with Crippen molar-refractivity contribution in [2.75, 3.05) is 36.6 Å². The molecule has 0 saturated heterocycles. The molecule has 0 spiro atoms. The number of nitrogens with one attached hydrogen (secondary N) is 2. The van der Waals surface area contributed by atoms with Crippen LogP contribution in [0.1, 0.15) is 6.42 Å². The van der Waals surface area contributed by atoms with Gasteiger partial charge >= 0.3 is 5.69 Å². The van der Waals surface area contributed by atoms with Crippen LogP contribution in [-0.2, 0) is 4.74 Å². The third kappa shape index (κ3) is 4.51. The predicted molar refractivity (Wildman–Crippen MR) is 87.8 cm³/mol. The van der Waals surface area contributed by atoms with Gasteiger partial charge in [0.25, 0.3) is 0 Å². The maximum atomic E-state index is 11.2. The normalized spacial score (nSPS) is 10.3. The van der Waals surface area contributed by atoms with E-state index >= 15 is 0 Å². The van der Waals surface area contributed by atoms with E-state index in [1.165, 1.54) is 0 Å². The molecule has 0 aliphatic heterocycles. The highest BCUT2D eigenvalue weighted by Gasteiger charge is 2.23. The van der Waals surface area contributed by atoms with E-state index in [1.54, 1.807) is 19.2 Å². The van der Waals surface area contributed by atoms with E-state index in [-0.39, 0.29) is 23.3 Å². The van der Waals surface area contributed by atoms with Gasteiger partial charge in [-0.05, 0) is 18.6 Å². The van der Waals surface area contributed by atoms with Crippen molar-refractivity contribution in [1.29, 1.82) is 0 Å². The van der Waals surface area contributed by atoms with Crippen LogP contribution < -0.4 is 16.4 Å². The molecule has 1 heterocycles. The summed E-state index contributed by atoms with van der Waals surface area (Å²) in [4.78, 5) is 18.7. The Labute approximate surface area is 133 Å². The smallest absolute Gasteiger partial charge is 0.353 e. The minimum absolute atomic E-state index is 0.0444. The second kappa shape index (κ2) is 7.90. The Bertz CT molecular complexity index is 665. The standard InChI is InChI=1S/C14H18N6O3/c1-23-9-5-8-16-14-18-12(15)11(20(21)22)13(19-14)17-10-6-3-2-4-7-10/h2-4,6-7H,5,8-9H2,1H3,(H4,15,16,17,18,19). The lowest BCUT2D eigenvalue weighted by Gasteiger charge is -2.10. The molecular formula is C14H18N6O3. The van der Waals surface area contributed by atoms with Crippen molar-refractivity contribution in [2.24, 2.45) is 0 Å². The lowest BCUT2D eigenvalue weighted by Crippen LogP contribution is -2.12. The molecular weight excluding hydrogens is 300 g/mol. The number of nitro groups is 1. The number of hydrogen-bond donors (Lipinski definition) is 3. The summed E-state index contributed by atoms with van der Waals surface area (Å²) >= 11 is 0. The topological polar surface area (TPSA) is 128 Å². The van der Waals surface area contributed by atoms with Crippen molar-refractivity contribution < 1.29 is 9.66 Å². The molecule has 0 aliphatic rings. The number of nitrogens with two attached hydrogens (primary N) is 1. The summed E-state index contributed by atoms with van der Waals surface area (Å²) < 4.78 is 4.95. The van der Waals surface area contributed by atoms with Gasteiger partial charge in [-0.15, -0.1) is 0 Å². The maximum absolute atomic E-state index is 11.2. The zero-order valence-corrected chi connectivity index (χ0v) is 12.7. The van der Waals surface area contributed by atoms with Crippen LogP contribution in [0.25, 0.3) is 0 Å². The number of nitrogen functional groups attached to an aromatic ring is 1. The van der Waals surface area contributed by atoms with Gasteiger partial charge in [0.1, 0.15) is 0 Å². The number of aromatic nitrogens is 2. The number of methoxy groups -OCH3 is 1. The fourth-order valence-corrected chi connectivity index (χ4v) is 1.89. The molecule has 9 nitrogen and oxygen atoms in total. The Morgan fingerprint density at radius 1 is 1.30 bits per heavy atom. The van der Waals surface area contributed by atoms with Crippen LogP contribution in [-0.4, -0.2) is 35.2 Å². The highest BCUT2D eigenvalue weighted by Crippen LogP contribution is 2.31. The number of benzene rings is 1. The first kappa shape index (κ1) is 16.4. The van der Waals surface area contributed by atoms with Crippen molar-refractivity contribution in [2.45, 2.75) is 6.42 Å². The first-order valence-electron chi connectivity index (χ1n) is 6.98. The molecule has 0 saturated carbocycles. The minimum atomic E-state index is -0.602. The average molecular weight is 318 g/mol. The number of ether oxygens (including phenoxy) is 1. The van der Waals surface area contributed by atoms with E-state index in [0.717, 1.165) is 6.42 Å². The summed E-state index contributed by atoms with van der Waals surface area (Å²) in [7, 11) is 1.61. The van der Waals surface area contributed by atoms with E-state index in [4.69, 9.17) is 10.5 Å². The number of anilines is 4. The van der Waals surface area contributed by atoms with Crippen LogP contribution >= 0.6 is 0 Å². The van der Waals surface area contributed by atoms with Crippen LogP contribution in [0.5, 0.6) is 0 Å². The minimum Gasteiger partial charge on any atom is -0.385 e. The van der Waals surface area contributed by atoms with Crippen LogP contribution in [0.3, 0.4) is 0 Å². The van der Waals surface area contributed by atoms with Crippen molar-refractivity contribution in [1.82, 2.24) is 9.97 Å². The molecule has 1 aromatic heterocycles. The summed E-state index contributed by atoms with van der Waals surface area (Å²) in [5.74, 6) is 0.0725. The predicted octanol–water partition coefficient (Wildman–Crippen LogP) is 2.16. The molecule has 0 unspecified atom stereocenters. The monoisotopic (exact) mass is 318 g/mol. The van der Waals surface area contributed by atoms with E-state index in [9.17, 15) is 10.1 Å². The molecule has 0 bridgehead atoms. The SMILES string of the molecule is COCCCNc1nc(N)c([N+](=O)[O-])c(Nc2ccccc2)n1. The molecule has 0 amide bonds. The molecule has 1 aromatic carbocycles. The Kier molecular flexibility index (Phi) is 5.64. The number of para-hydroxylation sites is 1. The molecule has 0 aliphatic carbocycles. The molecule has 0 radical (unpaired) electrons. The summed E-state index contributed by atoms with van der Waals surface area (Å²) in [5.41, 5.74) is 6.02. The molecule has 9 heteroatoms. The van der Waals surface area contributed by atoms with Gasteiger partial charge in [0.15, 0.2) is 0 Å². The van der Waals surface area contributed by atoms with Gasteiger partial charge in [0.2, 0.25) is 17.6 Å². The Hall–Kier alpha value is -2.94. The molecule has 23 heavy (non-hydrogen) atoms. The second-order valence-corrected chi connectivity index (χ2v) is 4.65. The molecule has 0 atom stereocenters. The fourth-order valence-electron chi connectivity index (χ4n) is 1.89. The Morgan fingerprint density at radius 2 is 2.04 bits per heavy atom. The lowest BCUT2D eigenvalue weighted by atomic mass is 10.3. The molecule has 122 valence electrons. The van der Waals surface area contributed by atoms with Crippen molar-refractivity contribution in [3.8, 4) is 0 Å². The summed E-state index contributed by atoms with van der Waals surface area (Å²) in [6.45, 7) is 1.15.